The quantitative estimate of drug-likeness (QED) is 0.584. The predicted molar refractivity (Wildman–Crippen MR) is 102 cm³/mol. The van der Waals surface area contributed by atoms with E-state index in [1.807, 2.05) is 25.1 Å². The summed E-state index contributed by atoms with van der Waals surface area (Å²) in [6.45, 7) is 1.92. The maximum Gasteiger partial charge on any atom is 0.264 e. The van der Waals surface area contributed by atoms with E-state index in [2.05, 4.69) is 25.2 Å². The fourth-order valence-electron chi connectivity index (χ4n) is 2.87. The van der Waals surface area contributed by atoms with Crippen molar-refractivity contribution in [2.75, 3.05) is 4.72 Å². The van der Waals surface area contributed by atoms with Crippen LogP contribution in [0.4, 0.5) is 5.69 Å². The van der Waals surface area contributed by atoms with E-state index >= 15 is 0 Å². The van der Waals surface area contributed by atoms with Gasteiger partial charge in [-0.1, -0.05) is 24.3 Å². The molecule has 0 atom stereocenters. The van der Waals surface area contributed by atoms with E-state index < -0.39 is 10.0 Å². The van der Waals surface area contributed by atoms with E-state index in [0.29, 0.717) is 22.6 Å². The smallest absolute Gasteiger partial charge is 0.264 e. The molecule has 0 radical (unpaired) electrons. The molecule has 2 aromatic heterocycles. The summed E-state index contributed by atoms with van der Waals surface area (Å²) in [7, 11) is -2.10. The van der Waals surface area contributed by atoms with E-state index in [1.54, 1.807) is 43.6 Å². The Morgan fingerprint density at radius 3 is 2.67 bits per heavy atom. The second kappa shape index (κ2) is 6.44. The van der Waals surface area contributed by atoms with Crippen molar-refractivity contribution in [2.45, 2.75) is 11.8 Å². The van der Waals surface area contributed by atoms with E-state index in [9.17, 15) is 8.42 Å². The van der Waals surface area contributed by atoms with Gasteiger partial charge in [-0.2, -0.15) is 0 Å². The predicted octanol–water partition coefficient (Wildman–Crippen LogP) is 2.53. The highest BCUT2D eigenvalue weighted by atomic mass is 32.2. The van der Waals surface area contributed by atoms with Crippen LogP contribution in [-0.2, 0) is 17.1 Å². The molecule has 2 heterocycles. The van der Waals surface area contributed by atoms with Crippen LogP contribution in [0, 0.1) is 6.92 Å². The Bertz CT molecular complexity index is 1250. The number of aromatic nitrogens is 5. The van der Waals surface area contributed by atoms with Gasteiger partial charge in [-0.3, -0.25) is 9.71 Å². The molecule has 0 aliphatic heterocycles. The Morgan fingerprint density at radius 2 is 1.89 bits per heavy atom. The van der Waals surface area contributed by atoms with Crippen molar-refractivity contribution in [3.8, 4) is 11.4 Å². The summed E-state index contributed by atoms with van der Waals surface area (Å²) < 4.78 is 30.1. The Balaban J connectivity index is 1.74. The third kappa shape index (κ3) is 3.24. The molecule has 0 saturated carbocycles. The maximum atomic E-state index is 13.0. The zero-order valence-corrected chi connectivity index (χ0v) is 15.5. The zero-order chi connectivity index (χ0) is 19.0. The fraction of sp³-hybridized carbons (Fsp3) is 0.111. The summed E-state index contributed by atoms with van der Waals surface area (Å²) in [4.78, 5) is 4.44. The van der Waals surface area contributed by atoms with Crippen LogP contribution in [0.25, 0.3) is 22.3 Å². The number of rotatable bonds is 4. The lowest BCUT2D eigenvalue weighted by Crippen LogP contribution is -2.14. The first-order valence-corrected chi connectivity index (χ1v) is 9.63. The maximum absolute atomic E-state index is 13.0. The van der Waals surface area contributed by atoms with Gasteiger partial charge in [0, 0.05) is 29.9 Å². The molecule has 4 rings (SSSR count). The Labute approximate surface area is 155 Å². The van der Waals surface area contributed by atoms with Crippen molar-refractivity contribution in [1.29, 1.82) is 0 Å². The number of para-hydroxylation sites is 1. The number of nitrogens with zero attached hydrogens (tertiary/aromatic N) is 5. The average molecular weight is 380 g/mol. The molecule has 136 valence electrons. The molecule has 1 N–H and O–H groups in total. The molecule has 8 nitrogen and oxygen atoms in total. The number of sulfonamides is 1. The Hall–Kier alpha value is -3.33. The van der Waals surface area contributed by atoms with Gasteiger partial charge in [0.15, 0.2) is 5.82 Å². The minimum Gasteiger partial charge on any atom is -0.280 e. The number of aryl methyl sites for hydroxylation is 2. The first kappa shape index (κ1) is 17.1. The summed E-state index contributed by atoms with van der Waals surface area (Å²) in [6, 6.07) is 13.9. The number of pyridine rings is 1. The number of benzene rings is 2. The minimum absolute atomic E-state index is 0.130. The molecule has 4 aromatic rings. The second-order valence-electron chi connectivity index (χ2n) is 6.15. The summed E-state index contributed by atoms with van der Waals surface area (Å²) in [5.74, 6) is 0.540. The van der Waals surface area contributed by atoms with Crippen LogP contribution >= 0.6 is 0 Å². The third-order valence-corrected chi connectivity index (χ3v) is 5.51. The molecule has 9 heteroatoms. The Kier molecular flexibility index (Phi) is 4.08. The summed E-state index contributed by atoms with van der Waals surface area (Å²) in [5.41, 5.74) is 2.52. The van der Waals surface area contributed by atoms with Crippen molar-refractivity contribution >= 4 is 26.6 Å². The number of nitrogens with one attached hydrogen (secondary N) is 1. The van der Waals surface area contributed by atoms with E-state index in [0.717, 1.165) is 10.9 Å². The largest absolute Gasteiger partial charge is 0.280 e. The van der Waals surface area contributed by atoms with Gasteiger partial charge in [0.25, 0.3) is 10.0 Å². The van der Waals surface area contributed by atoms with Gasteiger partial charge in [0.1, 0.15) is 4.90 Å². The molecule has 0 spiro atoms. The third-order valence-electron chi connectivity index (χ3n) is 4.09. The van der Waals surface area contributed by atoms with Crippen LogP contribution in [0.1, 0.15) is 5.56 Å². The lowest BCUT2D eigenvalue weighted by Gasteiger charge is -2.11. The number of hydrogen-bond donors (Lipinski definition) is 1. The van der Waals surface area contributed by atoms with Crippen molar-refractivity contribution < 1.29 is 8.42 Å². The van der Waals surface area contributed by atoms with Crippen LogP contribution in [0.3, 0.4) is 0 Å². The van der Waals surface area contributed by atoms with Crippen LogP contribution in [0.5, 0.6) is 0 Å². The first-order chi connectivity index (χ1) is 12.9. The average Bonchev–Trinajstić information content (AvgIpc) is 3.07. The van der Waals surface area contributed by atoms with E-state index in [4.69, 9.17) is 0 Å². The molecule has 0 bridgehead atoms. The Morgan fingerprint density at radius 1 is 1.07 bits per heavy atom. The highest BCUT2D eigenvalue weighted by molar-refractivity contribution is 7.93. The lowest BCUT2D eigenvalue weighted by atomic mass is 10.2. The van der Waals surface area contributed by atoms with Crippen molar-refractivity contribution in [3.63, 3.8) is 0 Å². The number of hydrogen-bond acceptors (Lipinski definition) is 6. The summed E-state index contributed by atoms with van der Waals surface area (Å²) in [5, 5.41) is 12.1. The molecular formula is C18H16N6O2S. The van der Waals surface area contributed by atoms with Gasteiger partial charge in [0.05, 0.1) is 5.52 Å². The lowest BCUT2D eigenvalue weighted by molar-refractivity contribution is 0.602. The van der Waals surface area contributed by atoms with Gasteiger partial charge in [-0.15, -0.1) is 5.10 Å². The molecule has 0 unspecified atom stereocenters. The van der Waals surface area contributed by atoms with Crippen molar-refractivity contribution in [2.24, 2.45) is 7.05 Å². The van der Waals surface area contributed by atoms with Crippen LogP contribution < -0.4 is 4.72 Å². The molecule has 27 heavy (non-hydrogen) atoms. The van der Waals surface area contributed by atoms with Gasteiger partial charge >= 0.3 is 0 Å². The molecule has 2 aromatic carbocycles. The van der Waals surface area contributed by atoms with E-state index in [-0.39, 0.29) is 4.90 Å². The number of fused-ring (bicyclic) bond motifs is 1. The molecule has 0 aliphatic rings. The van der Waals surface area contributed by atoms with Crippen molar-refractivity contribution in [1.82, 2.24) is 25.2 Å². The van der Waals surface area contributed by atoms with Crippen LogP contribution in [0.2, 0.25) is 0 Å². The SMILES string of the molecule is Cc1cnc2c(S(=O)(=O)Nc3cccc(-c4nnnn4C)c3)cccc2c1. The monoisotopic (exact) mass is 380 g/mol. The second-order valence-corrected chi connectivity index (χ2v) is 7.80. The molecular weight excluding hydrogens is 364 g/mol. The normalized spacial score (nSPS) is 11.6. The first-order valence-electron chi connectivity index (χ1n) is 8.15. The standard InChI is InChI=1S/C18H16N6O2S/c1-12-9-13-5-4-8-16(17(13)19-11-12)27(25,26)21-15-7-3-6-14(10-15)18-20-22-23-24(18)2/h3-11,21H,1-2H3. The van der Waals surface area contributed by atoms with Gasteiger partial charge in [-0.05, 0) is 47.2 Å². The summed E-state index contributed by atoms with van der Waals surface area (Å²) >= 11 is 0. The van der Waals surface area contributed by atoms with Crippen LogP contribution in [0.15, 0.2) is 59.6 Å². The fourth-order valence-corrected chi connectivity index (χ4v) is 4.10. The number of tetrazole rings is 1. The van der Waals surface area contributed by atoms with Gasteiger partial charge in [0.2, 0.25) is 0 Å². The van der Waals surface area contributed by atoms with Gasteiger partial charge < -0.3 is 0 Å². The highest BCUT2D eigenvalue weighted by Crippen LogP contribution is 2.26. The summed E-state index contributed by atoms with van der Waals surface area (Å²) in [6.07, 6.45) is 1.66. The van der Waals surface area contributed by atoms with E-state index in [1.165, 1.54) is 4.68 Å². The number of anilines is 1. The van der Waals surface area contributed by atoms with Crippen LogP contribution in [-0.4, -0.2) is 33.6 Å². The minimum atomic E-state index is -3.82. The highest BCUT2D eigenvalue weighted by Gasteiger charge is 2.19. The zero-order valence-electron chi connectivity index (χ0n) is 14.7. The molecule has 0 amide bonds. The molecule has 0 saturated heterocycles. The topological polar surface area (TPSA) is 103 Å². The van der Waals surface area contributed by atoms with Gasteiger partial charge in [-0.25, -0.2) is 13.1 Å². The molecule has 0 aliphatic carbocycles. The molecule has 0 fully saturated rings. The van der Waals surface area contributed by atoms with Crippen molar-refractivity contribution in [3.05, 3.63) is 60.3 Å².